The first kappa shape index (κ1) is 20.9. The van der Waals surface area contributed by atoms with E-state index in [4.69, 9.17) is 20.6 Å². The second-order valence-corrected chi connectivity index (χ2v) is 6.26. The van der Waals surface area contributed by atoms with Gasteiger partial charge in [-0.3, -0.25) is 14.6 Å². The molecule has 10 nitrogen and oxygen atoms in total. The van der Waals surface area contributed by atoms with E-state index in [2.05, 4.69) is 15.3 Å². The number of anilines is 1. The maximum atomic E-state index is 12.6. The lowest BCUT2D eigenvalue weighted by atomic mass is 10.0. The lowest BCUT2D eigenvalue weighted by molar-refractivity contribution is -0.129. The lowest BCUT2D eigenvalue weighted by Crippen LogP contribution is -2.59. The molecule has 2 aromatic rings. The second kappa shape index (κ2) is 8.53. The van der Waals surface area contributed by atoms with E-state index in [9.17, 15) is 14.7 Å². The number of nitrogens with two attached hydrogens (primary N) is 2. The van der Waals surface area contributed by atoms with Crippen molar-refractivity contribution in [2.24, 2.45) is 10.7 Å². The van der Waals surface area contributed by atoms with Gasteiger partial charge in [0.05, 0.1) is 12.8 Å². The van der Waals surface area contributed by atoms with Crippen LogP contribution in [0.2, 0.25) is 0 Å². The summed E-state index contributed by atoms with van der Waals surface area (Å²) in [6.07, 6.45) is 1.56. The molecule has 1 unspecified atom stereocenters. The highest BCUT2D eigenvalue weighted by Gasteiger charge is 2.34. The van der Waals surface area contributed by atoms with Gasteiger partial charge in [-0.05, 0) is 25.1 Å². The number of nitrogens with one attached hydrogen (secondary N) is 1. The zero-order chi connectivity index (χ0) is 20.9. The molecule has 6 N–H and O–H groups in total. The minimum absolute atomic E-state index is 0.0422. The summed E-state index contributed by atoms with van der Waals surface area (Å²) < 4.78 is 11.0. The molecule has 1 atom stereocenters. The third-order valence-corrected chi connectivity index (χ3v) is 4.02. The van der Waals surface area contributed by atoms with Crippen molar-refractivity contribution < 1.29 is 23.8 Å². The smallest absolute Gasteiger partial charge is 0.271 e. The summed E-state index contributed by atoms with van der Waals surface area (Å²) in [4.78, 5) is 32.1. The molecular formula is C18H23N5O5. The van der Waals surface area contributed by atoms with Crippen LogP contribution in [0.4, 0.5) is 5.69 Å². The van der Waals surface area contributed by atoms with Crippen molar-refractivity contribution in [3.8, 4) is 5.75 Å². The van der Waals surface area contributed by atoms with Gasteiger partial charge in [0, 0.05) is 25.2 Å². The fourth-order valence-electron chi connectivity index (χ4n) is 2.29. The van der Waals surface area contributed by atoms with E-state index in [0.29, 0.717) is 23.0 Å². The summed E-state index contributed by atoms with van der Waals surface area (Å²) in [5, 5.41) is 11.8. The molecule has 0 fully saturated rings. The summed E-state index contributed by atoms with van der Waals surface area (Å²) in [7, 11) is 1.40. The molecule has 2 rings (SSSR count). The first-order chi connectivity index (χ1) is 13.2. The van der Waals surface area contributed by atoms with Gasteiger partial charge in [0.1, 0.15) is 23.6 Å². The lowest BCUT2D eigenvalue weighted by Gasteiger charge is -2.25. The molecule has 1 aromatic carbocycles. The van der Waals surface area contributed by atoms with Gasteiger partial charge in [-0.25, -0.2) is 4.98 Å². The largest absolute Gasteiger partial charge is 0.486 e. The van der Waals surface area contributed by atoms with Gasteiger partial charge in [-0.2, -0.15) is 0 Å². The van der Waals surface area contributed by atoms with Crippen molar-refractivity contribution >= 4 is 23.2 Å². The third-order valence-electron chi connectivity index (χ3n) is 4.02. The molecule has 10 heteroatoms. The number of hydrogen-bond donors (Lipinski definition) is 4. The highest BCUT2D eigenvalue weighted by atomic mass is 16.5. The number of hydrogen-bond acceptors (Lipinski definition) is 8. The molecule has 0 saturated carbocycles. The zero-order valence-corrected chi connectivity index (χ0v) is 15.9. The number of carbonyl (C=O) groups excluding carboxylic acids is 2. The number of aromatic nitrogens is 1. The van der Waals surface area contributed by atoms with E-state index in [0.717, 1.165) is 0 Å². The summed E-state index contributed by atoms with van der Waals surface area (Å²) in [6.45, 7) is 2.50. The number of aliphatic hydroxyl groups is 1. The number of amides is 2. The van der Waals surface area contributed by atoms with Crippen LogP contribution in [0, 0.1) is 6.92 Å². The van der Waals surface area contributed by atoms with Gasteiger partial charge < -0.3 is 31.0 Å². The number of aryl methyl sites for hydroxylation is 1. The molecular weight excluding hydrogens is 366 g/mol. The van der Waals surface area contributed by atoms with Crippen LogP contribution in [-0.2, 0) is 16.2 Å². The standard InChI is InChI=1S/C18H23N5O5/c1-10-22-7-12(28-10)8-27-11-4-5-14(19)13(6-11)15(21-3)16(25)23-18(2,9-24)17(20)26/h4-7,24H,8-9,19H2,1-3H3,(H2,20,26)(H,23,25). The zero-order valence-electron chi connectivity index (χ0n) is 15.9. The maximum absolute atomic E-state index is 12.6. The van der Waals surface area contributed by atoms with E-state index in [1.54, 1.807) is 31.3 Å². The van der Waals surface area contributed by atoms with Crippen molar-refractivity contribution in [1.29, 1.82) is 0 Å². The highest BCUT2D eigenvalue weighted by Crippen LogP contribution is 2.22. The van der Waals surface area contributed by atoms with E-state index in [1.165, 1.54) is 14.0 Å². The van der Waals surface area contributed by atoms with E-state index in [-0.39, 0.29) is 18.0 Å². The number of oxazole rings is 1. The van der Waals surface area contributed by atoms with E-state index < -0.39 is 24.0 Å². The number of carbonyl (C=O) groups is 2. The number of primary amides is 1. The van der Waals surface area contributed by atoms with Crippen molar-refractivity contribution in [2.45, 2.75) is 26.0 Å². The number of aliphatic hydroxyl groups excluding tert-OH is 1. The van der Waals surface area contributed by atoms with Crippen molar-refractivity contribution in [3.05, 3.63) is 41.6 Å². The molecule has 0 aliphatic rings. The van der Waals surface area contributed by atoms with Crippen molar-refractivity contribution in [1.82, 2.24) is 10.3 Å². The Bertz CT molecular complexity index is 908. The number of nitrogens with zero attached hydrogens (tertiary/aromatic N) is 2. The van der Waals surface area contributed by atoms with E-state index in [1.807, 2.05) is 0 Å². The molecule has 0 aliphatic heterocycles. The Kier molecular flexibility index (Phi) is 6.37. The van der Waals surface area contributed by atoms with Crippen LogP contribution in [0.5, 0.6) is 5.75 Å². The molecule has 1 heterocycles. The predicted molar refractivity (Wildman–Crippen MR) is 102 cm³/mol. The normalized spacial score (nSPS) is 13.6. The van der Waals surface area contributed by atoms with Crippen molar-refractivity contribution in [2.75, 3.05) is 19.4 Å². The molecule has 150 valence electrons. The topological polar surface area (TPSA) is 166 Å². The monoisotopic (exact) mass is 389 g/mol. The minimum atomic E-state index is -1.64. The summed E-state index contributed by atoms with van der Waals surface area (Å²) >= 11 is 0. The Morgan fingerprint density at radius 2 is 2.14 bits per heavy atom. The van der Waals surface area contributed by atoms with Crippen LogP contribution in [0.25, 0.3) is 0 Å². The molecule has 0 aliphatic carbocycles. The molecule has 1 aromatic heterocycles. The Hall–Kier alpha value is -3.40. The number of rotatable bonds is 8. The van der Waals surface area contributed by atoms with Gasteiger partial charge in [-0.15, -0.1) is 0 Å². The minimum Gasteiger partial charge on any atom is -0.486 e. The fourth-order valence-corrected chi connectivity index (χ4v) is 2.29. The first-order valence-electron chi connectivity index (χ1n) is 8.34. The fraction of sp³-hybridized carbons (Fsp3) is 0.333. The Labute approximate surface area is 161 Å². The van der Waals surface area contributed by atoms with E-state index >= 15 is 0 Å². The maximum Gasteiger partial charge on any atom is 0.271 e. The first-order valence-corrected chi connectivity index (χ1v) is 8.34. The average Bonchev–Trinajstić information content (AvgIpc) is 3.07. The molecule has 28 heavy (non-hydrogen) atoms. The molecule has 0 saturated heterocycles. The number of benzene rings is 1. The summed E-state index contributed by atoms with van der Waals surface area (Å²) in [5.74, 6) is -0.112. The van der Waals surface area contributed by atoms with Gasteiger partial charge >= 0.3 is 0 Å². The third kappa shape index (κ3) is 4.65. The van der Waals surface area contributed by atoms with Crippen LogP contribution in [0.3, 0.4) is 0 Å². The van der Waals surface area contributed by atoms with Crippen LogP contribution in [-0.4, -0.2) is 46.8 Å². The molecule has 0 spiro atoms. The van der Waals surface area contributed by atoms with Crippen molar-refractivity contribution in [3.63, 3.8) is 0 Å². The average molecular weight is 389 g/mol. The molecule has 2 amide bonds. The van der Waals surface area contributed by atoms with Gasteiger partial charge in [0.25, 0.3) is 5.91 Å². The van der Waals surface area contributed by atoms with Crippen LogP contribution in [0.15, 0.2) is 33.8 Å². The molecule has 0 bridgehead atoms. The second-order valence-electron chi connectivity index (χ2n) is 6.26. The van der Waals surface area contributed by atoms with Gasteiger partial charge in [-0.1, -0.05) is 0 Å². The Balaban J connectivity index is 2.23. The number of nitrogen functional groups attached to an aromatic ring is 1. The van der Waals surface area contributed by atoms with Gasteiger partial charge in [0.15, 0.2) is 11.7 Å². The summed E-state index contributed by atoms with van der Waals surface area (Å²) in [5.41, 5.74) is 10.1. The number of ether oxygens (including phenoxy) is 1. The predicted octanol–water partition coefficient (Wildman–Crippen LogP) is -0.0844. The quantitative estimate of drug-likeness (QED) is 0.362. The Morgan fingerprint density at radius 1 is 1.43 bits per heavy atom. The van der Waals surface area contributed by atoms with Crippen LogP contribution in [0.1, 0.15) is 24.1 Å². The van der Waals surface area contributed by atoms with Gasteiger partial charge in [0.2, 0.25) is 5.91 Å². The molecule has 0 radical (unpaired) electrons. The van der Waals surface area contributed by atoms with Crippen LogP contribution >= 0.6 is 0 Å². The number of aliphatic imine (C=N–C) groups is 1. The van der Waals surface area contributed by atoms with Crippen LogP contribution < -0.4 is 21.5 Å². The Morgan fingerprint density at radius 3 is 2.68 bits per heavy atom. The summed E-state index contributed by atoms with van der Waals surface area (Å²) in [6, 6.07) is 4.74. The SMILES string of the molecule is CN=C(C(=O)NC(C)(CO)C(N)=O)c1cc(OCc2cnc(C)o2)ccc1N. The highest BCUT2D eigenvalue weighted by molar-refractivity contribution is 6.46.